The number of nitrogen functional groups attached to an aromatic ring is 1. The smallest absolute Gasteiger partial charge is 0.244 e. The van der Waals surface area contributed by atoms with Crippen molar-refractivity contribution in [2.24, 2.45) is 0 Å². The van der Waals surface area contributed by atoms with E-state index in [9.17, 15) is 12.6 Å². The standard InChI is InChI=1S/C13H20N2O4S2/c1-2-19-12-4-3-10(14)9-13(12)21(17,18)15-11-5-7-20(16)8-6-11/h3-4,9,11,15H,2,5-8,14H2,1H3. The van der Waals surface area contributed by atoms with E-state index in [4.69, 9.17) is 10.5 Å². The minimum atomic E-state index is -3.71. The molecule has 8 heteroatoms. The lowest BCUT2D eigenvalue weighted by atomic mass is 10.2. The van der Waals surface area contributed by atoms with Crippen LogP contribution in [0.4, 0.5) is 5.69 Å². The van der Waals surface area contributed by atoms with Gasteiger partial charge in [-0.25, -0.2) is 13.1 Å². The molecule has 1 aromatic carbocycles. The summed E-state index contributed by atoms with van der Waals surface area (Å²) in [7, 11) is -4.53. The molecule has 0 amide bonds. The molecule has 0 radical (unpaired) electrons. The molecular weight excluding hydrogens is 312 g/mol. The van der Waals surface area contributed by atoms with E-state index in [0.29, 0.717) is 42.4 Å². The van der Waals surface area contributed by atoms with Crippen molar-refractivity contribution >= 4 is 26.5 Å². The van der Waals surface area contributed by atoms with E-state index in [1.165, 1.54) is 6.07 Å². The third-order valence-corrected chi connectivity index (χ3v) is 6.19. The van der Waals surface area contributed by atoms with Gasteiger partial charge in [-0.3, -0.25) is 4.21 Å². The van der Waals surface area contributed by atoms with Crippen molar-refractivity contribution in [3.05, 3.63) is 18.2 Å². The fraction of sp³-hybridized carbons (Fsp3) is 0.538. The largest absolute Gasteiger partial charge is 0.492 e. The van der Waals surface area contributed by atoms with Crippen LogP contribution in [0, 0.1) is 0 Å². The van der Waals surface area contributed by atoms with Crippen LogP contribution in [-0.4, -0.2) is 36.8 Å². The Morgan fingerprint density at radius 1 is 1.38 bits per heavy atom. The highest BCUT2D eigenvalue weighted by molar-refractivity contribution is 7.89. The molecule has 0 aliphatic carbocycles. The average molecular weight is 332 g/mol. The SMILES string of the molecule is CCOc1ccc(N)cc1S(=O)(=O)NC1CCS(=O)CC1. The number of hydrogen-bond donors (Lipinski definition) is 2. The Morgan fingerprint density at radius 3 is 2.67 bits per heavy atom. The van der Waals surface area contributed by atoms with Crippen LogP contribution in [-0.2, 0) is 20.8 Å². The van der Waals surface area contributed by atoms with E-state index in [-0.39, 0.29) is 10.9 Å². The predicted molar refractivity (Wildman–Crippen MR) is 83.2 cm³/mol. The van der Waals surface area contributed by atoms with Gasteiger partial charge in [-0.1, -0.05) is 0 Å². The maximum atomic E-state index is 12.5. The Morgan fingerprint density at radius 2 is 2.05 bits per heavy atom. The Hall–Kier alpha value is -1.12. The molecule has 0 spiro atoms. The van der Waals surface area contributed by atoms with Crippen molar-refractivity contribution in [2.75, 3.05) is 23.8 Å². The first kappa shape index (κ1) is 16.3. The van der Waals surface area contributed by atoms with Crippen LogP contribution >= 0.6 is 0 Å². The summed E-state index contributed by atoms with van der Waals surface area (Å²) in [4.78, 5) is 0.0519. The third kappa shape index (κ3) is 4.18. The monoisotopic (exact) mass is 332 g/mol. The van der Waals surface area contributed by atoms with Gasteiger partial charge >= 0.3 is 0 Å². The number of nitrogens with two attached hydrogens (primary N) is 1. The lowest BCUT2D eigenvalue weighted by molar-refractivity contribution is 0.331. The van der Waals surface area contributed by atoms with Crippen LogP contribution in [0.2, 0.25) is 0 Å². The first-order valence-electron chi connectivity index (χ1n) is 6.82. The van der Waals surface area contributed by atoms with Gasteiger partial charge in [0.15, 0.2) is 0 Å². The molecule has 21 heavy (non-hydrogen) atoms. The van der Waals surface area contributed by atoms with Crippen molar-refractivity contribution in [3.63, 3.8) is 0 Å². The fourth-order valence-corrected chi connectivity index (χ4v) is 4.99. The molecule has 3 N–H and O–H groups in total. The molecule has 1 fully saturated rings. The van der Waals surface area contributed by atoms with Crippen molar-refractivity contribution in [2.45, 2.75) is 30.7 Å². The van der Waals surface area contributed by atoms with Gasteiger partial charge in [0, 0.05) is 34.0 Å². The van der Waals surface area contributed by atoms with Gasteiger partial charge in [-0.15, -0.1) is 0 Å². The molecule has 0 bridgehead atoms. The highest BCUT2D eigenvalue weighted by Crippen LogP contribution is 2.27. The van der Waals surface area contributed by atoms with E-state index in [0.717, 1.165) is 0 Å². The van der Waals surface area contributed by atoms with E-state index in [1.54, 1.807) is 19.1 Å². The molecule has 1 aromatic rings. The molecule has 6 nitrogen and oxygen atoms in total. The van der Waals surface area contributed by atoms with E-state index >= 15 is 0 Å². The Labute approximate surface area is 127 Å². The van der Waals surface area contributed by atoms with Gasteiger partial charge in [0.25, 0.3) is 0 Å². The van der Waals surface area contributed by atoms with Gasteiger partial charge in [0.2, 0.25) is 10.0 Å². The van der Waals surface area contributed by atoms with Crippen LogP contribution < -0.4 is 15.2 Å². The summed E-state index contributed by atoms with van der Waals surface area (Å²) >= 11 is 0. The zero-order valence-electron chi connectivity index (χ0n) is 11.9. The van der Waals surface area contributed by atoms with Crippen molar-refractivity contribution in [3.8, 4) is 5.75 Å². The van der Waals surface area contributed by atoms with Gasteiger partial charge in [0.05, 0.1) is 6.61 Å². The number of rotatable bonds is 5. The molecule has 118 valence electrons. The zero-order chi connectivity index (χ0) is 15.5. The van der Waals surface area contributed by atoms with Crippen molar-refractivity contribution in [1.82, 2.24) is 4.72 Å². The van der Waals surface area contributed by atoms with Crippen LogP contribution in [0.25, 0.3) is 0 Å². The molecule has 1 saturated heterocycles. The van der Waals surface area contributed by atoms with E-state index < -0.39 is 20.8 Å². The van der Waals surface area contributed by atoms with Gasteiger partial charge in [-0.2, -0.15) is 0 Å². The van der Waals surface area contributed by atoms with E-state index in [1.807, 2.05) is 0 Å². The van der Waals surface area contributed by atoms with Gasteiger partial charge < -0.3 is 10.5 Å². The summed E-state index contributed by atoms with van der Waals surface area (Å²) in [6, 6.07) is 4.37. The van der Waals surface area contributed by atoms with Crippen LogP contribution in [0.3, 0.4) is 0 Å². The highest BCUT2D eigenvalue weighted by Gasteiger charge is 2.26. The highest BCUT2D eigenvalue weighted by atomic mass is 32.2. The maximum absolute atomic E-state index is 12.5. The number of nitrogens with one attached hydrogen (secondary N) is 1. The molecule has 0 atom stereocenters. The summed E-state index contributed by atoms with van der Waals surface area (Å²) in [5.74, 6) is 1.35. The second-order valence-corrected chi connectivity index (χ2v) is 8.26. The van der Waals surface area contributed by atoms with Gasteiger partial charge in [0.1, 0.15) is 10.6 Å². The Kier molecular flexibility index (Phi) is 5.23. The lowest BCUT2D eigenvalue weighted by Crippen LogP contribution is -2.39. The fourth-order valence-electron chi connectivity index (χ4n) is 2.20. The average Bonchev–Trinajstić information content (AvgIpc) is 2.43. The first-order chi connectivity index (χ1) is 9.92. The Balaban J connectivity index is 2.22. The minimum Gasteiger partial charge on any atom is -0.492 e. The number of benzene rings is 1. The van der Waals surface area contributed by atoms with E-state index in [2.05, 4.69) is 4.72 Å². The second-order valence-electron chi connectivity index (χ2n) is 4.88. The Bertz CT molecular complexity index is 621. The number of hydrogen-bond acceptors (Lipinski definition) is 5. The summed E-state index contributed by atoms with van der Waals surface area (Å²) in [5, 5.41) is 0. The summed E-state index contributed by atoms with van der Waals surface area (Å²) in [6.45, 7) is 2.16. The summed E-state index contributed by atoms with van der Waals surface area (Å²) < 4.78 is 44.4. The number of sulfonamides is 1. The molecule has 0 aromatic heterocycles. The summed E-state index contributed by atoms with van der Waals surface area (Å²) in [5.41, 5.74) is 6.05. The van der Waals surface area contributed by atoms with Crippen molar-refractivity contribution < 1.29 is 17.4 Å². The third-order valence-electron chi connectivity index (χ3n) is 3.27. The molecule has 1 heterocycles. The number of anilines is 1. The molecule has 0 unspecified atom stereocenters. The van der Waals surface area contributed by atoms with Gasteiger partial charge in [-0.05, 0) is 38.0 Å². The first-order valence-corrected chi connectivity index (χ1v) is 9.79. The molecule has 0 saturated carbocycles. The predicted octanol–water partition coefficient (Wildman–Crippen LogP) is 0.857. The lowest BCUT2D eigenvalue weighted by Gasteiger charge is -2.23. The summed E-state index contributed by atoms with van der Waals surface area (Å²) in [6.07, 6.45) is 1.16. The van der Waals surface area contributed by atoms with Crippen LogP contribution in [0.1, 0.15) is 19.8 Å². The molecule has 1 aliphatic rings. The number of ether oxygens (including phenoxy) is 1. The quantitative estimate of drug-likeness (QED) is 0.779. The zero-order valence-corrected chi connectivity index (χ0v) is 13.5. The second kappa shape index (κ2) is 6.76. The maximum Gasteiger partial charge on any atom is 0.244 e. The van der Waals surface area contributed by atoms with Crippen molar-refractivity contribution in [1.29, 1.82) is 0 Å². The van der Waals surface area contributed by atoms with Crippen LogP contribution in [0.5, 0.6) is 5.75 Å². The normalized spacial score (nSPS) is 22.9. The van der Waals surface area contributed by atoms with Crippen LogP contribution in [0.15, 0.2) is 23.1 Å². The minimum absolute atomic E-state index is 0.0519. The molecule has 1 aliphatic heterocycles. The molecular formula is C13H20N2O4S2. The topological polar surface area (TPSA) is 98.5 Å². The molecule has 2 rings (SSSR count).